The van der Waals surface area contributed by atoms with Gasteiger partial charge in [-0.25, -0.2) is 4.98 Å². The first kappa shape index (κ1) is 15.7. The maximum atomic E-state index is 5.87. The van der Waals surface area contributed by atoms with Crippen LogP contribution in [0.4, 0.5) is 0 Å². The summed E-state index contributed by atoms with van der Waals surface area (Å²) in [4.78, 5) is 4.34. The van der Waals surface area contributed by atoms with Gasteiger partial charge in [-0.3, -0.25) is 0 Å². The summed E-state index contributed by atoms with van der Waals surface area (Å²) in [5.74, 6) is 1.52. The van der Waals surface area contributed by atoms with Crippen LogP contribution in [-0.2, 0) is 16.7 Å². The number of ether oxygens (including phenoxy) is 1. The second-order valence-electron chi connectivity index (χ2n) is 6.08. The zero-order valence-corrected chi connectivity index (χ0v) is 13.3. The van der Waals surface area contributed by atoms with E-state index in [0.29, 0.717) is 19.0 Å². The summed E-state index contributed by atoms with van der Waals surface area (Å²) in [6.07, 6.45) is 1.80. The van der Waals surface area contributed by atoms with E-state index in [4.69, 9.17) is 9.15 Å². The number of oxazole rings is 1. The Balaban J connectivity index is 2.15. The summed E-state index contributed by atoms with van der Waals surface area (Å²) in [5, 5.41) is 3.23. The van der Waals surface area contributed by atoms with Crippen LogP contribution in [0.5, 0.6) is 0 Å². The molecule has 1 heterocycles. The molecule has 0 saturated carbocycles. The van der Waals surface area contributed by atoms with Gasteiger partial charge in [-0.2, -0.15) is 0 Å². The maximum absolute atomic E-state index is 5.87. The molecular weight excluding hydrogens is 264 g/mol. The van der Waals surface area contributed by atoms with Gasteiger partial charge in [-0.1, -0.05) is 45.0 Å². The van der Waals surface area contributed by atoms with E-state index >= 15 is 0 Å². The van der Waals surface area contributed by atoms with Gasteiger partial charge in [0.25, 0.3) is 0 Å². The molecule has 114 valence electrons. The number of nitrogens with one attached hydrogen (secondary N) is 1. The van der Waals surface area contributed by atoms with E-state index in [2.05, 4.69) is 49.3 Å². The Morgan fingerprint density at radius 2 is 2.00 bits per heavy atom. The first-order valence-electron chi connectivity index (χ1n) is 7.26. The minimum Gasteiger partial charge on any atom is -0.439 e. The predicted molar refractivity (Wildman–Crippen MR) is 84.2 cm³/mol. The number of aromatic nitrogens is 1. The highest BCUT2D eigenvalue weighted by Crippen LogP contribution is 2.33. The van der Waals surface area contributed by atoms with Crippen molar-refractivity contribution in [2.24, 2.45) is 0 Å². The smallest absolute Gasteiger partial charge is 0.208 e. The van der Waals surface area contributed by atoms with Crippen molar-refractivity contribution in [3.8, 4) is 11.3 Å². The van der Waals surface area contributed by atoms with Crippen LogP contribution >= 0.6 is 0 Å². The molecule has 0 atom stereocenters. The Labute approximate surface area is 126 Å². The fourth-order valence-corrected chi connectivity index (χ4v) is 2.24. The molecule has 0 fully saturated rings. The van der Waals surface area contributed by atoms with Crippen molar-refractivity contribution in [3.63, 3.8) is 0 Å². The average molecular weight is 288 g/mol. The second kappa shape index (κ2) is 6.87. The molecule has 2 aromatic rings. The molecule has 0 radical (unpaired) electrons. The van der Waals surface area contributed by atoms with E-state index in [-0.39, 0.29) is 5.41 Å². The van der Waals surface area contributed by atoms with Gasteiger partial charge in [-0.15, -0.1) is 0 Å². The van der Waals surface area contributed by atoms with Crippen LogP contribution in [0.3, 0.4) is 0 Å². The molecule has 1 aromatic carbocycles. The van der Waals surface area contributed by atoms with Crippen molar-refractivity contribution in [2.75, 3.05) is 20.3 Å². The Bertz CT molecular complexity index is 570. The number of hydrogen-bond donors (Lipinski definition) is 1. The highest BCUT2D eigenvalue weighted by atomic mass is 16.5. The van der Waals surface area contributed by atoms with Crippen molar-refractivity contribution in [2.45, 2.75) is 32.7 Å². The van der Waals surface area contributed by atoms with Crippen molar-refractivity contribution in [1.82, 2.24) is 10.3 Å². The van der Waals surface area contributed by atoms with E-state index in [0.717, 1.165) is 17.9 Å². The molecule has 2 rings (SSSR count). The van der Waals surface area contributed by atoms with Crippen LogP contribution in [0.2, 0.25) is 0 Å². The van der Waals surface area contributed by atoms with Crippen molar-refractivity contribution in [1.29, 1.82) is 0 Å². The van der Waals surface area contributed by atoms with Gasteiger partial charge in [0.1, 0.15) is 0 Å². The molecule has 0 unspecified atom stereocenters. The molecule has 0 bridgehead atoms. The topological polar surface area (TPSA) is 47.3 Å². The molecule has 21 heavy (non-hydrogen) atoms. The summed E-state index contributed by atoms with van der Waals surface area (Å²) in [6, 6.07) is 8.33. The lowest BCUT2D eigenvalue weighted by Crippen LogP contribution is -2.18. The number of rotatable bonds is 6. The highest BCUT2D eigenvalue weighted by molar-refractivity contribution is 5.63. The van der Waals surface area contributed by atoms with Gasteiger partial charge in [0, 0.05) is 19.2 Å². The summed E-state index contributed by atoms with van der Waals surface area (Å²) in [5.41, 5.74) is 2.45. The van der Waals surface area contributed by atoms with Crippen molar-refractivity contribution in [3.05, 3.63) is 41.9 Å². The molecule has 0 aliphatic heterocycles. The summed E-state index contributed by atoms with van der Waals surface area (Å²) < 4.78 is 10.9. The molecule has 0 spiro atoms. The number of methoxy groups -OCH3 is 1. The lowest BCUT2D eigenvalue weighted by atomic mass is 9.83. The maximum Gasteiger partial charge on any atom is 0.208 e. The lowest BCUT2D eigenvalue weighted by Gasteiger charge is -2.21. The van der Waals surface area contributed by atoms with E-state index in [1.165, 1.54) is 5.56 Å². The SMILES string of the molecule is COCCNCc1ncc(-c2ccccc2C(C)(C)C)o1. The largest absolute Gasteiger partial charge is 0.439 e. The van der Waals surface area contributed by atoms with Crippen LogP contribution in [0.25, 0.3) is 11.3 Å². The predicted octanol–water partition coefficient (Wildman–Crippen LogP) is 3.38. The summed E-state index contributed by atoms with van der Waals surface area (Å²) >= 11 is 0. The van der Waals surface area contributed by atoms with Crippen LogP contribution in [0, 0.1) is 0 Å². The third-order valence-electron chi connectivity index (χ3n) is 3.31. The number of benzene rings is 1. The number of hydrogen-bond acceptors (Lipinski definition) is 4. The Kier molecular flexibility index (Phi) is 5.15. The highest BCUT2D eigenvalue weighted by Gasteiger charge is 2.20. The third-order valence-corrected chi connectivity index (χ3v) is 3.31. The molecule has 0 amide bonds. The third kappa shape index (κ3) is 4.16. The summed E-state index contributed by atoms with van der Waals surface area (Å²) in [6.45, 7) is 8.69. The molecule has 4 nitrogen and oxygen atoms in total. The molecular formula is C17H24N2O2. The molecule has 1 N–H and O–H groups in total. The van der Waals surface area contributed by atoms with E-state index in [1.54, 1.807) is 13.3 Å². The van der Waals surface area contributed by atoms with Crippen molar-refractivity contribution < 1.29 is 9.15 Å². The fourth-order valence-electron chi connectivity index (χ4n) is 2.24. The Hall–Kier alpha value is -1.65. The monoisotopic (exact) mass is 288 g/mol. The normalized spacial score (nSPS) is 11.8. The molecule has 0 aliphatic carbocycles. The molecule has 1 aromatic heterocycles. The van der Waals surface area contributed by atoms with Gasteiger partial charge in [0.05, 0.1) is 19.3 Å². The minimum atomic E-state index is 0.0697. The quantitative estimate of drug-likeness (QED) is 0.828. The average Bonchev–Trinajstić information content (AvgIpc) is 2.91. The van der Waals surface area contributed by atoms with E-state index in [1.807, 2.05) is 6.07 Å². The van der Waals surface area contributed by atoms with Crippen LogP contribution in [0.15, 0.2) is 34.9 Å². The zero-order chi connectivity index (χ0) is 15.3. The number of nitrogens with zero attached hydrogens (tertiary/aromatic N) is 1. The molecule has 0 aliphatic rings. The van der Waals surface area contributed by atoms with Crippen molar-refractivity contribution >= 4 is 0 Å². The fraction of sp³-hybridized carbons (Fsp3) is 0.471. The van der Waals surface area contributed by atoms with Gasteiger partial charge in [-0.05, 0) is 11.0 Å². The van der Waals surface area contributed by atoms with Gasteiger partial charge in [0.2, 0.25) is 5.89 Å². The van der Waals surface area contributed by atoms with Gasteiger partial charge < -0.3 is 14.5 Å². The minimum absolute atomic E-state index is 0.0697. The Morgan fingerprint density at radius 3 is 2.71 bits per heavy atom. The lowest BCUT2D eigenvalue weighted by molar-refractivity contribution is 0.198. The standard InChI is InChI=1S/C17H24N2O2/c1-17(2,3)14-8-6-5-7-13(14)15-11-19-16(21-15)12-18-9-10-20-4/h5-8,11,18H,9-10,12H2,1-4H3. The second-order valence-corrected chi connectivity index (χ2v) is 6.08. The van der Waals surface area contributed by atoms with Crippen LogP contribution < -0.4 is 5.32 Å². The van der Waals surface area contributed by atoms with Gasteiger partial charge in [0.15, 0.2) is 5.76 Å². The first-order chi connectivity index (χ1) is 10.0. The van der Waals surface area contributed by atoms with Crippen LogP contribution in [-0.4, -0.2) is 25.2 Å². The van der Waals surface area contributed by atoms with Gasteiger partial charge >= 0.3 is 0 Å². The van der Waals surface area contributed by atoms with Crippen LogP contribution in [0.1, 0.15) is 32.2 Å². The molecule has 0 saturated heterocycles. The van der Waals surface area contributed by atoms with E-state index in [9.17, 15) is 0 Å². The zero-order valence-electron chi connectivity index (χ0n) is 13.3. The van der Waals surface area contributed by atoms with E-state index < -0.39 is 0 Å². The summed E-state index contributed by atoms with van der Waals surface area (Å²) in [7, 11) is 1.69. The first-order valence-corrected chi connectivity index (χ1v) is 7.26. The molecule has 4 heteroatoms. The Morgan fingerprint density at radius 1 is 1.24 bits per heavy atom.